The monoisotopic (exact) mass is 486 g/mol. The maximum atomic E-state index is 12.8. The third kappa shape index (κ3) is 6.07. The molecule has 0 atom stereocenters. The predicted octanol–water partition coefficient (Wildman–Crippen LogP) is 5.65. The van der Waals surface area contributed by atoms with Gasteiger partial charge in [0.1, 0.15) is 5.75 Å². The molecule has 0 saturated carbocycles. The summed E-state index contributed by atoms with van der Waals surface area (Å²) in [6.07, 6.45) is 0.212. The molecule has 0 bridgehead atoms. The highest BCUT2D eigenvalue weighted by Crippen LogP contribution is 2.28. The Morgan fingerprint density at radius 2 is 1.49 bits per heavy atom. The van der Waals surface area contributed by atoms with E-state index in [0.717, 1.165) is 22.3 Å². The quantitative estimate of drug-likeness (QED) is 0.337. The van der Waals surface area contributed by atoms with Gasteiger partial charge in [-0.3, -0.25) is 9.52 Å². The van der Waals surface area contributed by atoms with E-state index in [9.17, 15) is 13.2 Å². The summed E-state index contributed by atoms with van der Waals surface area (Å²) in [4.78, 5) is 12.6. The highest BCUT2D eigenvalue weighted by molar-refractivity contribution is 7.92. The second kappa shape index (κ2) is 10.4. The molecule has 0 aliphatic rings. The van der Waals surface area contributed by atoms with Crippen molar-refractivity contribution in [2.45, 2.75) is 18.2 Å². The lowest BCUT2D eigenvalue weighted by molar-refractivity contribution is -0.115. The van der Waals surface area contributed by atoms with E-state index in [0.29, 0.717) is 17.1 Å². The second-order valence-electron chi connectivity index (χ2n) is 8.12. The Hall–Kier alpha value is -4.10. The summed E-state index contributed by atoms with van der Waals surface area (Å²) in [7, 11) is -2.34. The number of nitrogens with one attached hydrogen (secondary N) is 2. The van der Waals surface area contributed by atoms with E-state index in [1.54, 1.807) is 24.3 Å². The molecule has 0 aliphatic heterocycles. The zero-order valence-corrected chi connectivity index (χ0v) is 20.3. The first-order chi connectivity index (χ1) is 16.8. The molecule has 4 aromatic carbocycles. The Kier molecular flexibility index (Phi) is 7.17. The lowest BCUT2D eigenvalue weighted by atomic mass is 10.0. The normalized spacial score (nSPS) is 11.0. The van der Waals surface area contributed by atoms with Gasteiger partial charge in [-0.05, 0) is 65.6 Å². The van der Waals surface area contributed by atoms with Gasteiger partial charge in [-0.25, -0.2) is 8.42 Å². The van der Waals surface area contributed by atoms with Gasteiger partial charge in [-0.2, -0.15) is 0 Å². The maximum absolute atomic E-state index is 12.8. The van der Waals surface area contributed by atoms with E-state index in [-0.39, 0.29) is 17.2 Å². The van der Waals surface area contributed by atoms with Gasteiger partial charge < -0.3 is 10.1 Å². The van der Waals surface area contributed by atoms with Crippen LogP contribution < -0.4 is 14.8 Å². The Morgan fingerprint density at radius 3 is 2.14 bits per heavy atom. The fourth-order valence-electron chi connectivity index (χ4n) is 3.66. The number of anilines is 2. The largest absolute Gasteiger partial charge is 0.495 e. The van der Waals surface area contributed by atoms with E-state index in [1.807, 2.05) is 67.6 Å². The minimum absolute atomic E-state index is 0.0792. The number of benzene rings is 4. The molecule has 0 aliphatic carbocycles. The number of carbonyl (C=O) groups is 1. The van der Waals surface area contributed by atoms with Crippen LogP contribution in [-0.2, 0) is 21.2 Å². The minimum Gasteiger partial charge on any atom is -0.495 e. The molecular formula is C28H26N2O4S. The molecule has 0 radical (unpaired) electrons. The molecular weight excluding hydrogens is 460 g/mol. The number of amides is 1. The van der Waals surface area contributed by atoms with Crippen molar-refractivity contribution in [2.75, 3.05) is 17.1 Å². The van der Waals surface area contributed by atoms with Crippen LogP contribution in [0.25, 0.3) is 11.1 Å². The number of hydrogen-bond acceptors (Lipinski definition) is 4. The number of carbonyl (C=O) groups excluding carboxylic acids is 1. The average molecular weight is 487 g/mol. The van der Waals surface area contributed by atoms with E-state index in [2.05, 4.69) is 10.0 Å². The summed E-state index contributed by atoms with van der Waals surface area (Å²) in [5.41, 5.74) is 4.87. The van der Waals surface area contributed by atoms with Gasteiger partial charge in [-0.1, -0.05) is 60.7 Å². The highest BCUT2D eigenvalue weighted by atomic mass is 32.2. The third-order valence-corrected chi connectivity index (χ3v) is 6.85. The first kappa shape index (κ1) is 24.0. The van der Waals surface area contributed by atoms with Crippen LogP contribution in [0.5, 0.6) is 5.75 Å². The standard InChI is InChI=1S/C28H26N2O4S/c1-20-8-17-27(34-2)26(18-20)30-35(32,33)25-15-13-24(14-16-25)29-28(31)19-21-9-11-23(12-10-21)22-6-4-3-5-7-22/h3-18,30H,19H2,1-2H3,(H,29,31). The van der Waals surface area contributed by atoms with E-state index < -0.39 is 10.0 Å². The van der Waals surface area contributed by atoms with Gasteiger partial charge in [0.2, 0.25) is 5.91 Å². The lowest BCUT2D eigenvalue weighted by Gasteiger charge is -2.13. The summed E-state index contributed by atoms with van der Waals surface area (Å²) in [5.74, 6) is 0.246. The first-order valence-electron chi connectivity index (χ1n) is 11.1. The van der Waals surface area contributed by atoms with Gasteiger partial charge in [-0.15, -0.1) is 0 Å². The third-order valence-electron chi connectivity index (χ3n) is 5.47. The molecule has 35 heavy (non-hydrogen) atoms. The molecule has 0 heterocycles. The maximum Gasteiger partial charge on any atom is 0.262 e. The van der Waals surface area contributed by atoms with Crippen molar-refractivity contribution in [3.05, 3.63) is 108 Å². The molecule has 4 rings (SSSR count). The Morgan fingerprint density at radius 1 is 0.829 bits per heavy atom. The van der Waals surface area contributed by atoms with Crippen molar-refractivity contribution < 1.29 is 17.9 Å². The smallest absolute Gasteiger partial charge is 0.262 e. The first-order valence-corrected chi connectivity index (χ1v) is 12.5. The van der Waals surface area contributed by atoms with Gasteiger partial charge in [0.05, 0.1) is 24.1 Å². The molecule has 2 N–H and O–H groups in total. The molecule has 4 aromatic rings. The van der Waals surface area contributed by atoms with Gasteiger partial charge in [0.15, 0.2) is 0 Å². The van der Waals surface area contributed by atoms with Crippen molar-refractivity contribution in [1.29, 1.82) is 0 Å². The Balaban J connectivity index is 1.39. The van der Waals surface area contributed by atoms with Crippen molar-refractivity contribution >= 4 is 27.3 Å². The van der Waals surface area contributed by atoms with Crippen LogP contribution in [0.1, 0.15) is 11.1 Å². The van der Waals surface area contributed by atoms with Crippen molar-refractivity contribution in [1.82, 2.24) is 0 Å². The fraction of sp³-hybridized carbons (Fsp3) is 0.107. The second-order valence-corrected chi connectivity index (χ2v) is 9.80. The average Bonchev–Trinajstić information content (AvgIpc) is 2.85. The summed E-state index contributed by atoms with van der Waals surface area (Å²) in [6.45, 7) is 1.87. The highest BCUT2D eigenvalue weighted by Gasteiger charge is 2.17. The van der Waals surface area contributed by atoms with E-state index in [4.69, 9.17) is 4.74 Å². The van der Waals surface area contributed by atoms with Crippen molar-refractivity contribution in [3.8, 4) is 16.9 Å². The van der Waals surface area contributed by atoms with Crippen LogP contribution in [0.3, 0.4) is 0 Å². The predicted molar refractivity (Wildman–Crippen MR) is 139 cm³/mol. The molecule has 0 fully saturated rings. The number of methoxy groups -OCH3 is 1. The molecule has 1 amide bonds. The summed E-state index contributed by atoms with van der Waals surface area (Å²) < 4.78 is 33.5. The summed E-state index contributed by atoms with van der Waals surface area (Å²) in [5, 5.41) is 2.82. The van der Waals surface area contributed by atoms with Crippen molar-refractivity contribution in [3.63, 3.8) is 0 Å². The molecule has 0 spiro atoms. The van der Waals surface area contributed by atoms with E-state index >= 15 is 0 Å². The number of ether oxygens (including phenoxy) is 1. The lowest BCUT2D eigenvalue weighted by Crippen LogP contribution is -2.15. The number of sulfonamides is 1. The Bertz CT molecular complexity index is 1420. The van der Waals surface area contributed by atoms with Gasteiger partial charge in [0.25, 0.3) is 10.0 Å². The zero-order valence-electron chi connectivity index (χ0n) is 19.5. The van der Waals surface area contributed by atoms with Crippen LogP contribution in [0.4, 0.5) is 11.4 Å². The van der Waals surface area contributed by atoms with Gasteiger partial charge >= 0.3 is 0 Å². The van der Waals surface area contributed by atoms with Crippen LogP contribution >= 0.6 is 0 Å². The van der Waals surface area contributed by atoms with Crippen LogP contribution in [0.15, 0.2) is 102 Å². The van der Waals surface area contributed by atoms with Crippen molar-refractivity contribution in [2.24, 2.45) is 0 Å². The van der Waals surface area contributed by atoms with Gasteiger partial charge in [0, 0.05) is 5.69 Å². The Labute approximate surface area is 205 Å². The SMILES string of the molecule is COc1ccc(C)cc1NS(=O)(=O)c1ccc(NC(=O)Cc2ccc(-c3ccccc3)cc2)cc1. The van der Waals surface area contributed by atoms with Crippen LogP contribution in [-0.4, -0.2) is 21.4 Å². The minimum atomic E-state index is -3.83. The van der Waals surface area contributed by atoms with Crippen LogP contribution in [0.2, 0.25) is 0 Å². The topological polar surface area (TPSA) is 84.5 Å². The fourth-order valence-corrected chi connectivity index (χ4v) is 4.72. The molecule has 0 saturated heterocycles. The van der Waals surface area contributed by atoms with Crippen LogP contribution in [0, 0.1) is 6.92 Å². The van der Waals surface area contributed by atoms with E-state index in [1.165, 1.54) is 19.2 Å². The summed E-state index contributed by atoms with van der Waals surface area (Å²) in [6, 6.07) is 29.2. The molecule has 0 aromatic heterocycles. The number of rotatable bonds is 8. The molecule has 0 unspecified atom stereocenters. The number of hydrogen-bond donors (Lipinski definition) is 2. The number of aryl methyl sites for hydroxylation is 1. The molecule has 6 nitrogen and oxygen atoms in total. The molecule has 7 heteroatoms. The molecule has 178 valence electrons. The zero-order chi connectivity index (χ0) is 24.8. The summed E-state index contributed by atoms with van der Waals surface area (Å²) >= 11 is 0.